The van der Waals surface area contributed by atoms with Gasteiger partial charge in [0.05, 0.1) is 23.5 Å². The number of nitrogens with zero attached hydrogens (tertiary/aromatic N) is 4. The number of hydrogen-bond donors (Lipinski definition) is 4. The number of anilines is 2. The first-order valence-electron chi connectivity index (χ1n) is 13.5. The van der Waals surface area contributed by atoms with Crippen molar-refractivity contribution < 1.29 is 41.7 Å². The van der Waals surface area contributed by atoms with E-state index < -0.39 is 42.9 Å². The number of aliphatic hydroxyl groups excluding tert-OH is 1. The van der Waals surface area contributed by atoms with Crippen LogP contribution in [0.25, 0.3) is 22.0 Å². The SMILES string of the molecule is Cc1ccc2c(NCC(O)C(F)(F)F)c(F)ccc2c1Oc1ncccc1-c1ccnc(N[C@@H]2C[C@@H](F)CN(C(=O)O)C2)n1. The van der Waals surface area contributed by atoms with Crippen LogP contribution in [0.5, 0.6) is 11.6 Å². The zero-order chi connectivity index (χ0) is 31.6. The van der Waals surface area contributed by atoms with Crippen LogP contribution in [0.4, 0.5) is 38.4 Å². The number of likely N-dealkylation sites (tertiary alicyclic amines) is 1. The summed E-state index contributed by atoms with van der Waals surface area (Å²) in [6, 6.07) is 10.0. The maximum atomic E-state index is 14.7. The van der Waals surface area contributed by atoms with E-state index in [9.17, 15) is 37.0 Å². The number of aromatic nitrogens is 3. The summed E-state index contributed by atoms with van der Waals surface area (Å²) < 4.78 is 73.7. The molecule has 0 bridgehead atoms. The largest absolute Gasteiger partial charge is 0.465 e. The number of rotatable bonds is 8. The highest BCUT2D eigenvalue weighted by molar-refractivity contribution is 5.99. The van der Waals surface area contributed by atoms with Crippen LogP contribution in [0.3, 0.4) is 0 Å². The Balaban J connectivity index is 1.44. The predicted molar refractivity (Wildman–Crippen MR) is 151 cm³/mol. The Morgan fingerprint density at radius 2 is 1.89 bits per heavy atom. The van der Waals surface area contributed by atoms with E-state index in [0.29, 0.717) is 22.2 Å². The second-order valence-electron chi connectivity index (χ2n) is 10.3. The Morgan fingerprint density at radius 1 is 1.11 bits per heavy atom. The molecule has 2 aromatic carbocycles. The highest BCUT2D eigenvalue weighted by atomic mass is 19.4. The molecule has 0 radical (unpaired) electrons. The van der Waals surface area contributed by atoms with Gasteiger partial charge >= 0.3 is 12.3 Å². The van der Waals surface area contributed by atoms with Gasteiger partial charge in [-0.05, 0) is 42.8 Å². The lowest BCUT2D eigenvalue weighted by Gasteiger charge is -2.33. The molecule has 44 heavy (non-hydrogen) atoms. The Kier molecular flexibility index (Phi) is 8.67. The van der Waals surface area contributed by atoms with Crippen LogP contribution in [0.1, 0.15) is 12.0 Å². The van der Waals surface area contributed by atoms with Crippen LogP contribution in [0, 0.1) is 12.7 Å². The van der Waals surface area contributed by atoms with Crippen LogP contribution >= 0.6 is 0 Å². The van der Waals surface area contributed by atoms with E-state index in [4.69, 9.17) is 4.74 Å². The molecule has 15 heteroatoms. The van der Waals surface area contributed by atoms with Crippen LogP contribution in [-0.4, -0.2) is 80.3 Å². The number of alkyl halides is 4. The molecule has 1 fully saturated rings. The Morgan fingerprint density at radius 3 is 2.64 bits per heavy atom. The van der Waals surface area contributed by atoms with Gasteiger partial charge in [-0.3, -0.25) is 0 Å². The fourth-order valence-corrected chi connectivity index (χ4v) is 4.91. The van der Waals surface area contributed by atoms with Gasteiger partial charge in [-0.25, -0.2) is 28.5 Å². The van der Waals surface area contributed by atoms with Gasteiger partial charge in [0.1, 0.15) is 17.7 Å². The average molecular weight is 619 g/mol. The quantitative estimate of drug-likeness (QED) is 0.182. The van der Waals surface area contributed by atoms with Crippen molar-refractivity contribution in [2.45, 2.75) is 37.8 Å². The molecule has 4 N–H and O–H groups in total. The van der Waals surface area contributed by atoms with E-state index in [0.717, 1.165) is 11.0 Å². The third-order valence-corrected chi connectivity index (χ3v) is 7.05. The number of carboxylic acid groups (broad SMARTS) is 1. The Bertz CT molecular complexity index is 1670. The van der Waals surface area contributed by atoms with Gasteiger partial charge < -0.3 is 30.5 Å². The fourth-order valence-electron chi connectivity index (χ4n) is 4.91. The molecule has 1 saturated heterocycles. The number of nitrogens with one attached hydrogen (secondary N) is 2. The van der Waals surface area contributed by atoms with Gasteiger partial charge in [-0.2, -0.15) is 13.2 Å². The molecule has 1 aliphatic rings. The summed E-state index contributed by atoms with van der Waals surface area (Å²) in [6.45, 7) is 0.617. The fraction of sp³-hybridized carbons (Fsp3) is 0.310. The summed E-state index contributed by atoms with van der Waals surface area (Å²) in [5.74, 6) is -0.308. The highest BCUT2D eigenvalue weighted by Gasteiger charge is 2.38. The molecule has 1 amide bonds. The highest BCUT2D eigenvalue weighted by Crippen LogP contribution is 2.39. The minimum Gasteiger partial charge on any atom is -0.465 e. The minimum absolute atomic E-state index is 0.0531. The van der Waals surface area contributed by atoms with Crippen LogP contribution in [-0.2, 0) is 0 Å². The van der Waals surface area contributed by atoms with Gasteiger partial charge in [0.2, 0.25) is 11.8 Å². The van der Waals surface area contributed by atoms with Crippen molar-refractivity contribution >= 4 is 28.5 Å². The maximum Gasteiger partial charge on any atom is 0.416 e. The van der Waals surface area contributed by atoms with Crippen molar-refractivity contribution in [2.24, 2.45) is 0 Å². The molecule has 232 valence electrons. The molecular formula is C29H27F5N6O4. The molecule has 0 spiro atoms. The molecule has 3 heterocycles. The second-order valence-corrected chi connectivity index (χ2v) is 10.3. The number of amides is 1. The van der Waals surface area contributed by atoms with Crippen molar-refractivity contribution in [1.82, 2.24) is 19.9 Å². The third-order valence-electron chi connectivity index (χ3n) is 7.05. The number of pyridine rings is 1. The number of fused-ring (bicyclic) bond motifs is 1. The summed E-state index contributed by atoms with van der Waals surface area (Å²) in [6.07, 6.45) is -7.13. The van der Waals surface area contributed by atoms with Crippen molar-refractivity contribution in [3.8, 4) is 22.9 Å². The van der Waals surface area contributed by atoms with Crippen molar-refractivity contribution in [3.63, 3.8) is 0 Å². The van der Waals surface area contributed by atoms with Crippen LogP contribution in [0.15, 0.2) is 54.9 Å². The number of aryl methyl sites for hydroxylation is 1. The van der Waals surface area contributed by atoms with Crippen molar-refractivity contribution in [2.75, 3.05) is 30.3 Å². The second kappa shape index (κ2) is 12.4. The average Bonchev–Trinajstić information content (AvgIpc) is 2.97. The minimum atomic E-state index is -4.88. The molecule has 10 nitrogen and oxygen atoms in total. The molecular weight excluding hydrogens is 591 g/mol. The number of benzene rings is 2. The number of ether oxygens (including phenoxy) is 1. The standard InChI is InChI=1S/C29H27F5N6O4/c1-15-4-5-18-19(6-7-21(31)24(18)37-12-23(41)29(32,33)34)25(15)44-26-20(3-2-9-35-26)22-8-10-36-27(39-22)38-17-11-16(30)13-40(14-17)28(42)43/h2-10,16-17,23,37,41H,11-14H2,1H3,(H,42,43)(H,36,38,39)/t16-,17-,23?/m1/s1. The van der Waals surface area contributed by atoms with Gasteiger partial charge in [0.25, 0.3) is 0 Å². The first-order valence-corrected chi connectivity index (χ1v) is 13.5. The molecule has 2 aromatic heterocycles. The van der Waals surface area contributed by atoms with E-state index in [-0.39, 0.29) is 48.2 Å². The molecule has 4 aromatic rings. The maximum absolute atomic E-state index is 14.7. The van der Waals surface area contributed by atoms with E-state index in [1.54, 1.807) is 31.2 Å². The smallest absolute Gasteiger partial charge is 0.416 e. The van der Waals surface area contributed by atoms with Gasteiger partial charge in [-0.15, -0.1) is 0 Å². The molecule has 0 saturated carbocycles. The molecule has 1 aliphatic heterocycles. The summed E-state index contributed by atoms with van der Waals surface area (Å²) in [5.41, 5.74) is 1.19. The van der Waals surface area contributed by atoms with Crippen LogP contribution < -0.4 is 15.4 Å². The van der Waals surface area contributed by atoms with Crippen molar-refractivity contribution in [1.29, 1.82) is 0 Å². The summed E-state index contributed by atoms with van der Waals surface area (Å²) in [5, 5.41) is 24.6. The predicted octanol–water partition coefficient (Wildman–Crippen LogP) is 5.77. The topological polar surface area (TPSA) is 133 Å². The van der Waals surface area contributed by atoms with Crippen molar-refractivity contribution in [3.05, 3.63) is 66.2 Å². The lowest BCUT2D eigenvalue weighted by Crippen LogP contribution is -2.49. The zero-order valence-electron chi connectivity index (χ0n) is 23.1. The lowest BCUT2D eigenvalue weighted by molar-refractivity contribution is -0.198. The number of aliphatic hydroxyl groups is 1. The zero-order valence-corrected chi connectivity index (χ0v) is 23.1. The first kappa shape index (κ1) is 30.7. The first-order chi connectivity index (χ1) is 20.9. The van der Waals surface area contributed by atoms with Crippen LogP contribution in [0.2, 0.25) is 0 Å². The number of carbonyl (C=O) groups is 1. The summed E-state index contributed by atoms with van der Waals surface area (Å²) in [7, 11) is 0. The number of halogens is 5. The summed E-state index contributed by atoms with van der Waals surface area (Å²) in [4.78, 5) is 25.4. The lowest BCUT2D eigenvalue weighted by atomic mass is 10.0. The molecule has 0 aliphatic carbocycles. The van der Waals surface area contributed by atoms with Gasteiger partial charge in [0.15, 0.2) is 6.10 Å². The number of hydrogen-bond acceptors (Lipinski definition) is 8. The van der Waals surface area contributed by atoms with E-state index in [2.05, 4.69) is 25.6 Å². The Labute approximate surface area is 247 Å². The molecule has 3 atom stereocenters. The Hall–Kier alpha value is -4.79. The van der Waals surface area contributed by atoms with E-state index >= 15 is 0 Å². The van der Waals surface area contributed by atoms with E-state index in [1.165, 1.54) is 24.5 Å². The molecule has 1 unspecified atom stereocenters. The molecule has 5 rings (SSSR count). The summed E-state index contributed by atoms with van der Waals surface area (Å²) >= 11 is 0. The van der Waals surface area contributed by atoms with Gasteiger partial charge in [-0.1, -0.05) is 12.1 Å². The monoisotopic (exact) mass is 618 g/mol. The van der Waals surface area contributed by atoms with Gasteiger partial charge in [0, 0.05) is 48.7 Å². The van der Waals surface area contributed by atoms with E-state index in [1.807, 2.05) is 0 Å². The third kappa shape index (κ3) is 6.72. The number of piperidine rings is 1. The normalized spacial score (nSPS) is 17.8.